The Kier molecular flexibility index (Phi) is 7.06. The van der Waals surface area contributed by atoms with Crippen LogP contribution in [-0.4, -0.2) is 27.6 Å². The van der Waals surface area contributed by atoms with Gasteiger partial charge in [0.05, 0.1) is 12.8 Å². The van der Waals surface area contributed by atoms with Crippen molar-refractivity contribution in [1.82, 2.24) is 15.0 Å². The van der Waals surface area contributed by atoms with E-state index >= 15 is 0 Å². The lowest BCUT2D eigenvalue weighted by atomic mass is 10.1. The zero-order valence-corrected chi connectivity index (χ0v) is 11.4. The second-order valence-electron chi connectivity index (χ2n) is 4.36. The number of carbonyl (C=O) groups is 1. The molecule has 0 aromatic carbocycles. The van der Waals surface area contributed by atoms with Crippen molar-refractivity contribution in [1.29, 1.82) is 0 Å². The topological polar surface area (TPSA) is 57.0 Å². The van der Waals surface area contributed by atoms with Gasteiger partial charge in [-0.25, -0.2) is 4.79 Å². The van der Waals surface area contributed by atoms with Gasteiger partial charge >= 0.3 is 5.97 Å². The van der Waals surface area contributed by atoms with Crippen molar-refractivity contribution in [3.63, 3.8) is 0 Å². The van der Waals surface area contributed by atoms with Gasteiger partial charge in [0, 0.05) is 6.54 Å². The molecule has 0 spiro atoms. The number of unbranched alkanes of at least 4 members (excludes halogenated alkanes) is 5. The van der Waals surface area contributed by atoms with Crippen LogP contribution in [0.25, 0.3) is 0 Å². The Morgan fingerprint density at radius 2 is 1.94 bits per heavy atom. The van der Waals surface area contributed by atoms with Crippen molar-refractivity contribution in [3.8, 4) is 0 Å². The average Bonchev–Trinajstić information content (AvgIpc) is 2.83. The van der Waals surface area contributed by atoms with Gasteiger partial charge in [0.1, 0.15) is 0 Å². The Morgan fingerprint density at radius 3 is 2.67 bits per heavy atom. The van der Waals surface area contributed by atoms with Crippen LogP contribution in [0.5, 0.6) is 0 Å². The monoisotopic (exact) mass is 253 g/mol. The molecule has 1 aromatic heterocycles. The number of rotatable bonds is 9. The molecule has 0 saturated heterocycles. The third kappa shape index (κ3) is 5.29. The lowest BCUT2D eigenvalue weighted by Crippen LogP contribution is -2.04. The van der Waals surface area contributed by atoms with Crippen LogP contribution in [0.15, 0.2) is 6.20 Å². The minimum Gasteiger partial charge on any atom is -0.461 e. The highest BCUT2D eigenvalue weighted by atomic mass is 16.5. The van der Waals surface area contributed by atoms with Gasteiger partial charge in [-0.1, -0.05) is 44.2 Å². The van der Waals surface area contributed by atoms with E-state index in [9.17, 15) is 4.79 Å². The van der Waals surface area contributed by atoms with E-state index in [1.807, 2.05) is 0 Å². The fourth-order valence-electron chi connectivity index (χ4n) is 1.76. The minimum absolute atomic E-state index is 0.294. The van der Waals surface area contributed by atoms with E-state index in [0.717, 1.165) is 13.0 Å². The van der Waals surface area contributed by atoms with Gasteiger partial charge in [-0.3, -0.25) is 4.68 Å². The molecule has 5 heteroatoms. The molecule has 0 atom stereocenters. The van der Waals surface area contributed by atoms with Gasteiger partial charge in [-0.15, -0.1) is 5.10 Å². The van der Waals surface area contributed by atoms with Gasteiger partial charge in [0.2, 0.25) is 0 Å². The lowest BCUT2D eigenvalue weighted by molar-refractivity contribution is 0.0519. The molecule has 0 fully saturated rings. The highest BCUT2D eigenvalue weighted by Crippen LogP contribution is 2.06. The number of hydrogen-bond donors (Lipinski definition) is 0. The normalized spacial score (nSPS) is 10.6. The zero-order chi connectivity index (χ0) is 13.2. The minimum atomic E-state index is -0.397. The van der Waals surface area contributed by atoms with Crippen LogP contribution < -0.4 is 0 Å². The fourth-order valence-corrected chi connectivity index (χ4v) is 1.76. The lowest BCUT2D eigenvalue weighted by Gasteiger charge is -2.00. The highest BCUT2D eigenvalue weighted by Gasteiger charge is 2.10. The molecule has 102 valence electrons. The Morgan fingerprint density at radius 1 is 1.22 bits per heavy atom. The van der Waals surface area contributed by atoms with Crippen LogP contribution in [-0.2, 0) is 11.3 Å². The Hall–Kier alpha value is -1.39. The molecule has 0 unspecified atom stereocenters. The number of nitrogens with zero attached hydrogens (tertiary/aromatic N) is 3. The Bertz CT molecular complexity index is 350. The molecule has 0 amide bonds. The first-order valence-corrected chi connectivity index (χ1v) is 6.85. The van der Waals surface area contributed by atoms with Gasteiger partial charge in [0.15, 0.2) is 5.69 Å². The van der Waals surface area contributed by atoms with E-state index in [2.05, 4.69) is 17.2 Å². The number of carbonyl (C=O) groups excluding carboxylic acids is 1. The number of aryl methyl sites for hydroxylation is 1. The molecule has 0 saturated carbocycles. The molecule has 0 bridgehead atoms. The first kappa shape index (κ1) is 14.7. The Labute approximate surface area is 109 Å². The maximum Gasteiger partial charge on any atom is 0.360 e. The average molecular weight is 253 g/mol. The van der Waals surface area contributed by atoms with Gasteiger partial charge < -0.3 is 4.74 Å². The second-order valence-corrected chi connectivity index (χ2v) is 4.36. The van der Waals surface area contributed by atoms with E-state index in [1.165, 1.54) is 32.1 Å². The van der Waals surface area contributed by atoms with E-state index in [1.54, 1.807) is 17.8 Å². The molecule has 5 nitrogen and oxygen atoms in total. The molecule has 1 rings (SSSR count). The third-order valence-electron chi connectivity index (χ3n) is 2.76. The number of ether oxygens (including phenoxy) is 1. The van der Waals surface area contributed by atoms with Crippen LogP contribution in [0.1, 0.15) is 62.9 Å². The molecule has 0 N–H and O–H groups in total. The number of hydrogen-bond acceptors (Lipinski definition) is 4. The van der Waals surface area contributed by atoms with E-state index in [-0.39, 0.29) is 0 Å². The van der Waals surface area contributed by atoms with Crippen LogP contribution in [0.4, 0.5) is 0 Å². The van der Waals surface area contributed by atoms with Gasteiger partial charge in [-0.2, -0.15) is 0 Å². The molecule has 0 radical (unpaired) electrons. The molecule has 0 aliphatic rings. The fraction of sp³-hybridized carbons (Fsp3) is 0.769. The highest BCUT2D eigenvalue weighted by molar-refractivity contribution is 5.86. The van der Waals surface area contributed by atoms with E-state index in [4.69, 9.17) is 4.74 Å². The van der Waals surface area contributed by atoms with Crippen molar-refractivity contribution >= 4 is 5.97 Å². The standard InChI is InChI=1S/C13H23N3O2/c1-3-5-6-7-8-9-10-16-11-12(14-15-16)13(17)18-4-2/h11H,3-10H2,1-2H3. The predicted molar refractivity (Wildman–Crippen MR) is 69.4 cm³/mol. The van der Waals surface area contributed by atoms with Crippen LogP contribution in [0.2, 0.25) is 0 Å². The third-order valence-corrected chi connectivity index (χ3v) is 2.76. The molecule has 1 heterocycles. The summed E-state index contributed by atoms with van der Waals surface area (Å²) in [7, 11) is 0. The smallest absolute Gasteiger partial charge is 0.360 e. The maximum absolute atomic E-state index is 11.4. The van der Waals surface area contributed by atoms with Crippen molar-refractivity contribution in [2.75, 3.05) is 6.61 Å². The molecule has 0 aliphatic heterocycles. The summed E-state index contributed by atoms with van der Waals surface area (Å²) in [6, 6.07) is 0. The molecular formula is C13H23N3O2. The summed E-state index contributed by atoms with van der Waals surface area (Å²) in [5.41, 5.74) is 0.294. The van der Waals surface area contributed by atoms with E-state index < -0.39 is 5.97 Å². The summed E-state index contributed by atoms with van der Waals surface area (Å²) in [6.45, 7) is 5.17. The molecular weight excluding hydrogens is 230 g/mol. The molecule has 18 heavy (non-hydrogen) atoms. The maximum atomic E-state index is 11.4. The Balaban J connectivity index is 2.21. The van der Waals surface area contributed by atoms with Gasteiger partial charge in [-0.05, 0) is 13.3 Å². The van der Waals surface area contributed by atoms with Crippen LogP contribution in [0, 0.1) is 0 Å². The summed E-state index contributed by atoms with van der Waals surface area (Å²) in [4.78, 5) is 11.4. The quantitative estimate of drug-likeness (QED) is 0.501. The van der Waals surface area contributed by atoms with Gasteiger partial charge in [0.25, 0.3) is 0 Å². The zero-order valence-electron chi connectivity index (χ0n) is 11.4. The van der Waals surface area contributed by atoms with Crippen molar-refractivity contribution in [3.05, 3.63) is 11.9 Å². The number of esters is 1. The van der Waals surface area contributed by atoms with Crippen molar-refractivity contribution in [2.45, 2.75) is 58.9 Å². The van der Waals surface area contributed by atoms with Crippen LogP contribution >= 0.6 is 0 Å². The first-order chi connectivity index (χ1) is 8.77. The predicted octanol–water partition coefficient (Wildman–Crippen LogP) is 2.82. The summed E-state index contributed by atoms with van der Waals surface area (Å²) in [5, 5.41) is 7.72. The summed E-state index contributed by atoms with van der Waals surface area (Å²) < 4.78 is 6.57. The van der Waals surface area contributed by atoms with Crippen LogP contribution in [0.3, 0.4) is 0 Å². The largest absolute Gasteiger partial charge is 0.461 e. The number of aromatic nitrogens is 3. The second kappa shape index (κ2) is 8.66. The molecule has 0 aliphatic carbocycles. The van der Waals surface area contributed by atoms with Crippen molar-refractivity contribution in [2.24, 2.45) is 0 Å². The molecule has 1 aromatic rings. The summed E-state index contributed by atoms with van der Waals surface area (Å²) >= 11 is 0. The summed E-state index contributed by atoms with van der Waals surface area (Å²) in [6.07, 6.45) is 9.10. The van der Waals surface area contributed by atoms with Crippen molar-refractivity contribution < 1.29 is 9.53 Å². The summed E-state index contributed by atoms with van der Waals surface area (Å²) in [5.74, 6) is -0.397. The SMILES string of the molecule is CCCCCCCCn1cc(C(=O)OCC)nn1. The van der Waals surface area contributed by atoms with E-state index in [0.29, 0.717) is 12.3 Å². The first-order valence-electron chi connectivity index (χ1n) is 6.85.